The van der Waals surface area contributed by atoms with Gasteiger partial charge in [-0.05, 0) is 36.8 Å². The van der Waals surface area contributed by atoms with E-state index in [0.29, 0.717) is 4.90 Å². The van der Waals surface area contributed by atoms with E-state index in [4.69, 9.17) is 0 Å². The summed E-state index contributed by atoms with van der Waals surface area (Å²) in [7, 11) is -3.16. The maximum absolute atomic E-state index is 11.3. The van der Waals surface area contributed by atoms with E-state index >= 15 is 0 Å². The molecule has 15 heavy (non-hydrogen) atoms. The lowest BCUT2D eigenvalue weighted by molar-refractivity contribution is 0.602. The summed E-state index contributed by atoms with van der Waals surface area (Å²) in [5.41, 5.74) is 1.54. The molecule has 77 valence electrons. The second kappa shape index (κ2) is 3.31. The first kappa shape index (κ1) is 10.1. The highest BCUT2D eigenvalue weighted by Gasteiger charge is 2.07. The van der Waals surface area contributed by atoms with Crippen LogP contribution < -0.4 is 0 Å². The van der Waals surface area contributed by atoms with E-state index in [1.165, 1.54) is 6.26 Å². The van der Waals surface area contributed by atoms with Gasteiger partial charge in [0, 0.05) is 17.8 Å². The van der Waals surface area contributed by atoms with Gasteiger partial charge in [-0.1, -0.05) is 0 Å². The van der Waals surface area contributed by atoms with Crippen molar-refractivity contribution in [3.05, 3.63) is 42.9 Å². The van der Waals surface area contributed by atoms with Crippen LogP contribution >= 0.6 is 0 Å². The minimum Gasteiger partial charge on any atom is -0.256 e. The van der Waals surface area contributed by atoms with Gasteiger partial charge in [0.15, 0.2) is 9.84 Å². The van der Waals surface area contributed by atoms with Gasteiger partial charge in [0.2, 0.25) is 0 Å². The van der Waals surface area contributed by atoms with Gasteiger partial charge in [0.25, 0.3) is 0 Å². The van der Waals surface area contributed by atoms with Gasteiger partial charge in [0.05, 0.1) is 10.4 Å². The molecule has 0 aliphatic carbocycles. The normalized spacial score (nSPS) is 11.9. The SMILES string of the molecule is [CH2]c1cnc2ccc(S(C)(=O)=O)cc2c1. The molecule has 2 rings (SSSR count). The Hall–Kier alpha value is -1.42. The van der Waals surface area contributed by atoms with E-state index in [1.54, 1.807) is 24.4 Å². The van der Waals surface area contributed by atoms with Gasteiger partial charge < -0.3 is 0 Å². The lowest BCUT2D eigenvalue weighted by Crippen LogP contribution is -1.96. The number of benzene rings is 1. The molecule has 0 aliphatic rings. The van der Waals surface area contributed by atoms with E-state index < -0.39 is 9.84 Å². The van der Waals surface area contributed by atoms with Gasteiger partial charge in [-0.2, -0.15) is 0 Å². The third-order valence-electron chi connectivity index (χ3n) is 2.14. The second-order valence-corrected chi connectivity index (χ2v) is 5.49. The van der Waals surface area contributed by atoms with Crippen LogP contribution in [0.2, 0.25) is 0 Å². The molecular weight excluding hydrogens is 210 g/mol. The summed E-state index contributed by atoms with van der Waals surface area (Å²) < 4.78 is 22.7. The highest BCUT2D eigenvalue weighted by Crippen LogP contribution is 2.18. The van der Waals surface area contributed by atoms with Crippen molar-refractivity contribution in [3.63, 3.8) is 0 Å². The fraction of sp³-hybridized carbons (Fsp3) is 0.0909. The lowest BCUT2D eigenvalue weighted by atomic mass is 10.2. The molecule has 0 atom stereocenters. The third kappa shape index (κ3) is 1.99. The van der Waals surface area contributed by atoms with E-state index in [9.17, 15) is 8.42 Å². The molecule has 0 unspecified atom stereocenters. The minimum atomic E-state index is -3.16. The largest absolute Gasteiger partial charge is 0.256 e. The van der Waals surface area contributed by atoms with Crippen LogP contribution in [0, 0.1) is 6.92 Å². The van der Waals surface area contributed by atoms with Crippen molar-refractivity contribution in [2.45, 2.75) is 4.90 Å². The summed E-state index contributed by atoms with van der Waals surface area (Å²) in [4.78, 5) is 4.45. The summed E-state index contributed by atoms with van der Waals surface area (Å²) in [6.45, 7) is 3.75. The van der Waals surface area contributed by atoms with E-state index in [1.807, 2.05) is 6.07 Å². The maximum Gasteiger partial charge on any atom is 0.175 e. The van der Waals surface area contributed by atoms with E-state index in [2.05, 4.69) is 11.9 Å². The number of aromatic nitrogens is 1. The van der Waals surface area contributed by atoms with Crippen molar-refractivity contribution in [1.29, 1.82) is 0 Å². The highest BCUT2D eigenvalue weighted by atomic mass is 32.2. The molecule has 0 aliphatic heterocycles. The number of sulfone groups is 1. The van der Waals surface area contributed by atoms with Gasteiger partial charge in [-0.15, -0.1) is 0 Å². The molecule has 0 amide bonds. The molecule has 1 heterocycles. The van der Waals surface area contributed by atoms with Crippen molar-refractivity contribution in [2.24, 2.45) is 0 Å². The standard InChI is InChI=1S/C11H10NO2S/c1-8-5-9-6-10(15(2,13)14)3-4-11(9)12-7-8/h3-7H,1H2,2H3. The summed E-state index contributed by atoms with van der Waals surface area (Å²) in [6.07, 6.45) is 2.85. The van der Waals surface area contributed by atoms with Crippen molar-refractivity contribution < 1.29 is 8.42 Å². The highest BCUT2D eigenvalue weighted by molar-refractivity contribution is 7.90. The Morgan fingerprint density at radius 2 is 2.00 bits per heavy atom. The molecule has 1 aromatic heterocycles. The number of pyridine rings is 1. The number of fused-ring (bicyclic) bond motifs is 1. The third-order valence-corrected chi connectivity index (χ3v) is 3.25. The molecule has 0 bridgehead atoms. The quantitative estimate of drug-likeness (QED) is 0.736. The van der Waals surface area contributed by atoms with Gasteiger partial charge in [-0.3, -0.25) is 4.98 Å². The second-order valence-electron chi connectivity index (χ2n) is 3.47. The first-order valence-corrected chi connectivity index (χ1v) is 6.28. The van der Waals surface area contributed by atoms with E-state index in [-0.39, 0.29) is 0 Å². The topological polar surface area (TPSA) is 47.0 Å². The zero-order valence-electron chi connectivity index (χ0n) is 8.27. The Labute approximate surface area is 88.7 Å². The molecule has 0 spiro atoms. The number of hydrogen-bond acceptors (Lipinski definition) is 3. The molecule has 1 aromatic carbocycles. The molecule has 4 heteroatoms. The molecule has 1 radical (unpaired) electrons. The average molecular weight is 220 g/mol. The van der Waals surface area contributed by atoms with Crippen LogP contribution in [0.25, 0.3) is 10.9 Å². The molecule has 3 nitrogen and oxygen atoms in total. The predicted octanol–water partition coefficient (Wildman–Crippen LogP) is 1.82. The monoisotopic (exact) mass is 220 g/mol. The first-order valence-electron chi connectivity index (χ1n) is 4.39. The van der Waals surface area contributed by atoms with Crippen LogP contribution in [0.15, 0.2) is 35.4 Å². The van der Waals surface area contributed by atoms with Crippen molar-refractivity contribution >= 4 is 20.7 Å². The fourth-order valence-corrected chi connectivity index (χ4v) is 2.04. The van der Waals surface area contributed by atoms with Crippen molar-refractivity contribution in [1.82, 2.24) is 4.98 Å². The van der Waals surface area contributed by atoms with Crippen LogP contribution in [-0.2, 0) is 9.84 Å². The molecule has 0 saturated carbocycles. The van der Waals surface area contributed by atoms with Crippen molar-refractivity contribution in [3.8, 4) is 0 Å². The Kier molecular flexibility index (Phi) is 2.23. The van der Waals surface area contributed by atoms with Crippen LogP contribution in [0.4, 0.5) is 0 Å². The van der Waals surface area contributed by atoms with Crippen LogP contribution in [-0.4, -0.2) is 19.7 Å². The van der Waals surface area contributed by atoms with Crippen molar-refractivity contribution in [2.75, 3.05) is 6.26 Å². The zero-order valence-corrected chi connectivity index (χ0v) is 9.08. The zero-order chi connectivity index (χ0) is 11.1. The summed E-state index contributed by atoms with van der Waals surface area (Å²) >= 11 is 0. The number of rotatable bonds is 1. The Morgan fingerprint density at radius 3 is 2.67 bits per heavy atom. The molecule has 0 fully saturated rings. The van der Waals surface area contributed by atoms with Gasteiger partial charge >= 0.3 is 0 Å². The Bertz CT molecular complexity index is 618. The summed E-state index contributed by atoms with van der Waals surface area (Å²) in [6, 6.07) is 6.70. The molecular formula is C11H10NO2S. The fourth-order valence-electron chi connectivity index (χ4n) is 1.39. The minimum absolute atomic E-state index is 0.308. The predicted molar refractivity (Wildman–Crippen MR) is 59.3 cm³/mol. The smallest absolute Gasteiger partial charge is 0.175 e. The Balaban J connectivity index is 2.75. The number of hydrogen-bond donors (Lipinski definition) is 0. The first-order chi connectivity index (χ1) is 6.97. The molecule has 0 saturated heterocycles. The van der Waals surface area contributed by atoms with Crippen LogP contribution in [0.1, 0.15) is 5.56 Å². The van der Waals surface area contributed by atoms with Gasteiger partial charge in [-0.25, -0.2) is 8.42 Å². The lowest BCUT2D eigenvalue weighted by Gasteiger charge is -2.01. The van der Waals surface area contributed by atoms with Gasteiger partial charge in [0.1, 0.15) is 0 Å². The number of nitrogens with zero attached hydrogens (tertiary/aromatic N) is 1. The Morgan fingerprint density at radius 1 is 1.27 bits per heavy atom. The molecule has 2 aromatic rings. The molecule has 0 N–H and O–H groups in total. The summed E-state index contributed by atoms with van der Waals surface area (Å²) in [5, 5.41) is 0.797. The van der Waals surface area contributed by atoms with E-state index in [0.717, 1.165) is 16.5 Å². The van der Waals surface area contributed by atoms with Crippen LogP contribution in [0.5, 0.6) is 0 Å². The average Bonchev–Trinajstić information content (AvgIpc) is 2.15. The summed E-state index contributed by atoms with van der Waals surface area (Å²) in [5.74, 6) is 0. The van der Waals surface area contributed by atoms with Crippen LogP contribution in [0.3, 0.4) is 0 Å². The maximum atomic E-state index is 11.3.